The van der Waals surface area contributed by atoms with E-state index in [2.05, 4.69) is 5.10 Å². The van der Waals surface area contributed by atoms with Gasteiger partial charge in [-0.25, -0.2) is 4.68 Å². The maximum Gasteiger partial charge on any atom is 0.410 e. The summed E-state index contributed by atoms with van der Waals surface area (Å²) in [4.78, 5) is 14.2. The number of halogens is 3. The molecule has 3 heterocycles. The minimum Gasteiger partial charge on any atom is -0.480 e. The normalized spacial score (nSPS) is 22.3. The number of carbonyl (C=O) groups excluding carboxylic acids is 1. The molecule has 2 aliphatic heterocycles. The average Bonchev–Trinajstić information content (AvgIpc) is 3.14. The summed E-state index contributed by atoms with van der Waals surface area (Å²) in [6.07, 6.45) is -4.92. The van der Waals surface area contributed by atoms with Gasteiger partial charge in [-0.3, -0.25) is 9.69 Å². The molecule has 5 nitrogen and oxygen atoms in total. The first-order valence-electron chi connectivity index (χ1n) is 8.03. The van der Waals surface area contributed by atoms with Gasteiger partial charge >= 0.3 is 6.18 Å². The van der Waals surface area contributed by atoms with E-state index in [1.165, 1.54) is 11.0 Å². The van der Waals surface area contributed by atoms with Gasteiger partial charge in [0.15, 0.2) is 12.1 Å². The van der Waals surface area contributed by atoms with Crippen molar-refractivity contribution in [2.24, 2.45) is 0 Å². The second-order valence-electron chi connectivity index (χ2n) is 6.34. The third kappa shape index (κ3) is 2.65. The van der Waals surface area contributed by atoms with Crippen molar-refractivity contribution in [1.82, 2.24) is 9.78 Å². The molecule has 2 aromatic rings. The van der Waals surface area contributed by atoms with Crippen LogP contribution in [0.1, 0.15) is 23.7 Å². The lowest BCUT2D eigenvalue weighted by Crippen LogP contribution is -2.48. The molecule has 0 N–H and O–H groups in total. The number of anilines is 1. The zero-order valence-electron chi connectivity index (χ0n) is 13.5. The fourth-order valence-corrected chi connectivity index (χ4v) is 3.44. The van der Waals surface area contributed by atoms with Crippen LogP contribution in [0.25, 0.3) is 0 Å². The van der Waals surface area contributed by atoms with Gasteiger partial charge in [0.1, 0.15) is 11.6 Å². The van der Waals surface area contributed by atoms with Crippen molar-refractivity contribution in [3.8, 4) is 5.75 Å². The fourth-order valence-electron chi connectivity index (χ4n) is 3.44. The van der Waals surface area contributed by atoms with Gasteiger partial charge in [0.25, 0.3) is 5.91 Å². The predicted octanol–water partition coefficient (Wildman–Crippen LogP) is 3.04. The smallest absolute Gasteiger partial charge is 0.410 e. The van der Waals surface area contributed by atoms with Crippen LogP contribution >= 0.6 is 0 Å². The number of hydrogen-bond donors (Lipinski definition) is 0. The summed E-state index contributed by atoms with van der Waals surface area (Å²) in [6, 6.07) is 7.15. The molecule has 4 rings (SSSR count). The predicted molar refractivity (Wildman–Crippen MR) is 83.6 cm³/mol. The molecule has 0 unspecified atom stereocenters. The van der Waals surface area contributed by atoms with Crippen molar-refractivity contribution in [2.75, 3.05) is 11.4 Å². The number of para-hydroxylation sites is 1. The molecule has 0 radical (unpaired) electrons. The SMILES string of the molecule is Cc1cc2n(n1)[C@H](C(F)(F)F)CCN2C(=O)[C@H]1Cc2ccccc2O1. The number of carbonyl (C=O) groups is 1. The van der Waals surface area contributed by atoms with Crippen molar-refractivity contribution < 1.29 is 22.7 Å². The van der Waals surface area contributed by atoms with Crippen LogP contribution in [-0.2, 0) is 11.2 Å². The monoisotopic (exact) mass is 351 g/mol. The van der Waals surface area contributed by atoms with Crippen LogP contribution in [0, 0.1) is 6.92 Å². The first-order valence-corrected chi connectivity index (χ1v) is 8.03. The molecule has 25 heavy (non-hydrogen) atoms. The second kappa shape index (κ2) is 5.50. The molecular formula is C17H16F3N3O2. The van der Waals surface area contributed by atoms with E-state index >= 15 is 0 Å². The highest BCUT2D eigenvalue weighted by Gasteiger charge is 2.47. The summed E-state index contributed by atoms with van der Waals surface area (Å²) in [7, 11) is 0. The van der Waals surface area contributed by atoms with Crippen molar-refractivity contribution in [3.05, 3.63) is 41.6 Å². The van der Waals surface area contributed by atoms with Crippen molar-refractivity contribution in [2.45, 2.75) is 38.1 Å². The number of ether oxygens (including phenoxy) is 1. The summed E-state index contributed by atoms with van der Waals surface area (Å²) in [5.74, 6) is 0.490. The summed E-state index contributed by atoms with van der Waals surface area (Å²) in [5, 5.41) is 3.96. The summed E-state index contributed by atoms with van der Waals surface area (Å²) < 4.78 is 46.4. The Hall–Kier alpha value is -2.51. The summed E-state index contributed by atoms with van der Waals surface area (Å²) in [6.45, 7) is 1.60. The van der Waals surface area contributed by atoms with Gasteiger partial charge in [-0.15, -0.1) is 0 Å². The van der Waals surface area contributed by atoms with Crippen molar-refractivity contribution >= 4 is 11.7 Å². The number of hydrogen-bond acceptors (Lipinski definition) is 3. The average molecular weight is 351 g/mol. The van der Waals surface area contributed by atoms with E-state index < -0.39 is 18.3 Å². The van der Waals surface area contributed by atoms with Gasteiger partial charge in [-0.2, -0.15) is 18.3 Å². The van der Waals surface area contributed by atoms with E-state index in [0.717, 1.165) is 10.2 Å². The van der Waals surface area contributed by atoms with Gasteiger partial charge in [-0.05, 0) is 25.0 Å². The number of fused-ring (bicyclic) bond motifs is 2. The number of rotatable bonds is 1. The van der Waals surface area contributed by atoms with Gasteiger partial charge in [0.05, 0.1) is 5.69 Å². The maximum atomic E-state index is 13.2. The molecule has 0 saturated carbocycles. The molecule has 8 heteroatoms. The van der Waals surface area contributed by atoms with E-state index in [0.29, 0.717) is 17.9 Å². The minimum atomic E-state index is -4.40. The lowest BCUT2D eigenvalue weighted by molar-refractivity contribution is -0.173. The van der Waals surface area contributed by atoms with E-state index in [4.69, 9.17) is 4.74 Å². The van der Waals surface area contributed by atoms with Crippen LogP contribution < -0.4 is 9.64 Å². The fraction of sp³-hybridized carbons (Fsp3) is 0.412. The molecule has 0 aliphatic carbocycles. The highest BCUT2D eigenvalue weighted by atomic mass is 19.4. The van der Waals surface area contributed by atoms with Crippen LogP contribution in [0.5, 0.6) is 5.75 Å². The molecule has 2 atom stereocenters. The number of amides is 1. The molecule has 132 valence electrons. The Labute approximate surface area is 142 Å². The Kier molecular flexibility index (Phi) is 3.52. The van der Waals surface area contributed by atoms with E-state index in [1.807, 2.05) is 18.2 Å². The second-order valence-corrected chi connectivity index (χ2v) is 6.34. The zero-order chi connectivity index (χ0) is 17.8. The van der Waals surface area contributed by atoms with Gasteiger partial charge in [0, 0.05) is 19.0 Å². The Balaban J connectivity index is 1.62. The highest BCUT2D eigenvalue weighted by Crippen LogP contribution is 2.40. The number of aryl methyl sites for hydroxylation is 1. The third-order valence-corrected chi connectivity index (χ3v) is 4.60. The highest BCUT2D eigenvalue weighted by molar-refractivity contribution is 5.97. The van der Waals surface area contributed by atoms with Crippen molar-refractivity contribution in [3.63, 3.8) is 0 Å². The Morgan fingerprint density at radius 1 is 1.32 bits per heavy atom. The standard InChI is InChI=1S/C17H16F3N3O2/c1-10-8-15-22(7-6-14(17(18,19)20)23(15)21-10)16(24)13-9-11-4-2-3-5-12(11)25-13/h2-5,8,13-14H,6-7,9H2,1H3/t13-,14+/m1/s1. The van der Waals surface area contributed by atoms with Crippen LogP contribution in [0.2, 0.25) is 0 Å². The minimum absolute atomic E-state index is 0.00957. The molecule has 2 aliphatic rings. The molecule has 0 saturated heterocycles. The summed E-state index contributed by atoms with van der Waals surface area (Å²) in [5.41, 5.74) is 1.37. The lowest BCUT2D eigenvalue weighted by Gasteiger charge is -2.34. The Morgan fingerprint density at radius 2 is 2.08 bits per heavy atom. The van der Waals surface area contributed by atoms with E-state index in [-0.39, 0.29) is 24.7 Å². The van der Waals surface area contributed by atoms with Gasteiger partial charge in [-0.1, -0.05) is 18.2 Å². The third-order valence-electron chi connectivity index (χ3n) is 4.60. The zero-order valence-corrected chi connectivity index (χ0v) is 13.5. The number of alkyl halides is 3. The van der Waals surface area contributed by atoms with Gasteiger partial charge in [0.2, 0.25) is 0 Å². The Bertz CT molecular complexity index is 806. The molecule has 0 fully saturated rings. The first-order chi connectivity index (χ1) is 11.8. The lowest BCUT2D eigenvalue weighted by atomic mass is 10.1. The first kappa shape index (κ1) is 16.0. The van der Waals surface area contributed by atoms with Crippen LogP contribution in [0.4, 0.5) is 19.0 Å². The molecular weight excluding hydrogens is 335 g/mol. The van der Waals surface area contributed by atoms with Crippen LogP contribution in [0.3, 0.4) is 0 Å². The van der Waals surface area contributed by atoms with E-state index in [9.17, 15) is 18.0 Å². The largest absolute Gasteiger partial charge is 0.480 e. The summed E-state index contributed by atoms with van der Waals surface area (Å²) >= 11 is 0. The van der Waals surface area contributed by atoms with Crippen molar-refractivity contribution in [1.29, 1.82) is 0 Å². The van der Waals surface area contributed by atoms with Gasteiger partial charge < -0.3 is 4.74 Å². The molecule has 0 spiro atoms. The molecule has 0 bridgehead atoms. The van der Waals surface area contributed by atoms with E-state index in [1.54, 1.807) is 13.0 Å². The Morgan fingerprint density at radius 3 is 2.80 bits per heavy atom. The maximum absolute atomic E-state index is 13.2. The number of benzene rings is 1. The topological polar surface area (TPSA) is 47.4 Å². The number of aromatic nitrogens is 2. The molecule has 1 aromatic heterocycles. The molecule has 1 amide bonds. The van der Waals surface area contributed by atoms with Crippen LogP contribution in [-0.4, -0.2) is 34.5 Å². The molecule has 1 aromatic carbocycles. The van der Waals surface area contributed by atoms with Crippen LogP contribution in [0.15, 0.2) is 30.3 Å². The quantitative estimate of drug-likeness (QED) is 0.793. The number of nitrogens with zero attached hydrogens (tertiary/aromatic N) is 3.